The van der Waals surface area contributed by atoms with Crippen molar-refractivity contribution in [3.63, 3.8) is 0 Å². The molecule has 1 atom stereocenters. The average molecular weight is 219 g/mol. The van der Waals surface area contributed by atoms with Crippen molar-refractivity contribution in [2.24, 2.45) is 5.92 Å². The van der Waals surface area contributed by atoms with Crippen molar-refractivity contribution in [3.8, 4) is 11.8 Å². The van der Waals surface area contributed by atoms with E-state index in [0.29, 0.717) is 6.61 Å². The number of nitrogens with zero attached hydrogens (tertiary/aromatic N) is 1. The summed E-state index contributed by atoms with van der Waals surface area (Å²) in [4.78, 5) is 10.7. The lowest BCUT2D eigenvalue weighted by molar-refractivity contribution is -0.139. The van der Waals surface area contributed by atoms with Crippen molar-refractivity contribution < 1.29 is 14.6 Å². The van der Waals surface area contributed by atoms with E-state index in [1.54, 1.807) is 30.3 Å². The van der Waals surface area contributed by atoms with Gasteiger partial charge in [-0.2, -0.15) is 5.26 Å². The van der Waals surface area contributed by atoms with Gasteiger partial charge in [0.2, 0.25) is 0 Å². The van der Waals surface area contributed by atoms with E-state index in [0.717, 1.165) is 11.3 Å². The molecule has 1 rings (SSSR count). The van der Waals surface area contributed by atoms with Gasteiger partial charge in [-0.05, 0) is 31.0 Å². The van der Waals surface area contributed by atoms with Crippen molar-refractivity contribution >= 4 is 5.97 Å². The van der Waals surface area contributed by atoms with Crippen LogP contribution in [0.1, 0.15) is 12.5 Å². The van der Waals surface area contributed by atoms with Crippen LogP contribution in [0.15, 0.2) is 24.3 Å². The van der Waals surface area contributed by atoms with Gasteiger partial charge in [-0.1, -0.05) is 12.1 Å². The predicted molar refractivity (Wildman–Crippen MR) is 58.1 cm³/mol. The molecule has 0 radical (unpaired) electrons. The average Bonchev–Trinajstić information content (AvgIpc) is 2.28. The van der Waals surface area contributed by atoms with Gasteiger partial charge in [-0.3, -0.25) is 4.79 Å². The second-order valence-corrected chi connectivity index (χ2v) is 3.30. The Morgan fingerprint density at radius 1 is 1.50 bits per heavy atom. The van der Waals surface area contributed by atoms with E-state index in [2.05, 4.69) is 0 Å². The largest absolute Gasteiger partial charge is 0.494 e. The second kappa shape index (κ2) is 5.76. The number of hydrogen-bond acceptors (Lipinski definition) is 3. The maximum Gasteiger partial charge on any atom is 0.321 e. The fourth-order valence-electron chi connectivity index (χ4n) is 1.31. The zero-order valence-corrected chi connectivity index (χ0v) is 9.01. The molecule has 0 saturated heterocycles. The third kappa shape index (κ3) is 3.28. The van der Waals surface area contributed by atoms with Crippen LogP contribution >= 0.6 is 0 Å². The number of nitriles is 1. The summed E-state index contributed by atoms with van der Waals surface area (Å²) in [6.45, 7) is 2.49. The summed E-state index contributed by atoms with van der Waals surface area (Å²) in [6.07, 6.45) is 0.220. The van der Waals surface area contributed by atoms with Gasteiger partial charge >= 0.3 is 5.97 Å². The summed E-state index contributed by atoms with van der Waals surface area (Å²) in [5.41, 5.74) is 0.817. The molecular weight excluding hydrogens is 206 g/mol. The van der Waals surface area contributed by atoms with Crippen LogP contribution in [-0.4, -0.2) is 17.7 Å². The first-order valence-corrected chi connectivity index (χ1v) is 5.01. The van der Waals surface area contributed by atoms with Gasteiger partial charge in [0.15, 0.2) is 0 Å². The Bertz CT molecular complexity index is 392. The zero-order valence-electron chi connectivity index (χ0n) is 9.01. The molecule has 16 heavy (non-hydrogen) atoms. The molecule has 1 aromatic rings. The number of carbonyl (C=O) groups is 1. The molecule has 0 heterocycles. The highest BCUT2D eigenvalue weighted by molar-refractivity contribution is 5.73. The molecule has 0 fully saturated rings. The molecule has 4 heteroatoms. The Hall–Kier alpha value is -2.02. The third-order valence-corrected chi connectivity index (χ3v) is 2.13. The molecule has 0 amide bonds. The highest BCUT2D eigenvalue weighted by Gasteiger charge is 2.16. The quantitative estimate of drug-likeness (QED) is 0.820. The number of hydrogen-bond donors (Lipinski definition) is 1. The SMILES string of the molecule is CCOc1ccc(C[C@@H](C#N)C(=O)O)cc1. The van der Waals surface area contributed by atoms with E-state index < -0.39 is 11.9 Å². The molecule has 84 valence electrons. The van der Waals surface area contributed by atoms with E-state index in [4.69, 9.17) is 15.1 Å². The smallest absolute Gasteiger partial charge is 0.321 e. The Morgan fingerprint density at radius 2 is 2.12 bits per heavy atom. The van der Waals surface area contributed by atoms with E-state index in [1.807, 2.05) is 6.92 Å². The Kier molecular flexibility index (Phi) is 4.34. The first kappa shape index (κ1) is 12.1. The van der Waals surface area contributed by atoms with E-state index in [9.17, 15) is 4.79 Å². The second-order valence-electron chi connectivity index (χ2n) is 3.30. The lowest BCUT2D eigenvalue weighted by Gasteiger charge is -2.06. The van der Waals surface area contributed by atoms with Crippen molar-refractivity contribution in [2.45, 2.75) is 13.3 Å². The summed E-state index contributed by atoms with van der Waals surface area (Å²) in [7, 11) is 0. The van der Waals surface area contributed by atoms with Gasteiger partial charge in [-0.25, -0.2) is 0 Å². The molecule has 0 bridgehead atoms. The van der Waals surface area contributed by atoms with Crippen LogP contribution < -0.4 is 4.74 Å². The fraction of sp³-hybridized carbons (Fsp3) is 0.333. The van der Waals surface area contributed by atoms with Crippen LogP contribution in [0.3, 0.4) is 0 Å². The maximum atomic E-state index is 10.7. The van der Waals surface area contributed by atoms with Gasteiger partial charge in [-0.15, -0.1) is 0 Å². The number of ether oxygens (including phenoxy) is 1. The van der Waals surface area contributed by atoms with Crippen molar-refractivity contribution in [1.29, 1.82) is 5.26 Å². The molecular formula is C12H13NO3. The van der Waals surface area contributed by atoms with E-state index in [-0.39, 0.29) is 6.42 Å². The molecule has 0 saturated carbocycles. The number of aliphatic carboxylic acids is 1. The first-order valence-electron chi connectivity index (χ1n) is 5.01. The molecule has 4 nitrogen and oxygen atoms in total. The lowest BCUT2D eigenvalue weighted by Crippen LogP contribution is -2.14. The highest BCUT2D eigenvalue weighted by atomic mass is 16.5. The van der Waals surface area contributed by atoms with Gasteiger partial charge in [0, 0.05) is 0 Å². The van der Waals surface area contributed by atoms with Gasteiger partial charge in [0.1, 0.15) is 11.7 Å². The Labute approximate surface area is 94.1 Å². The summed E-state index contributed by atoms with van der Waals surface area (Å²) in [6, 6.07) is 8.86. The van der Waals surface area contributed by atoms with Crippen molar-refractivity contribution in [1.82, 2.24) is 0 Å². The normalized spacial score (nSPS) is 11.5. The number of benzene rings is 1. The fourth-order valence-corrected chi connectivity index (χ4v) is 1.31. The molecule has 0 aliphatic rings. The van der Waals surface area contributed by atoms with E-state index >= 15 is 0 Å². The number of rotatable bonds is 5. The van der Waals surface area contributed by atoms with Crippen LogP contribution in [0.2, 0.25) is 0 Å². The number of carboxylic acid groups (broad SMARTS) is 1. The van der Waals surface area contributed by atoms with Crippen molar-refractivity contribution in [2.75, 3.05) is 6.61 Å². The minimum Gasteiger partial charge on any atom is -0.494 e. The maximum absolute atomic E-state index is 10.7. The standard InChI is InChI=1S/C12H13NO3/c1-2-16-11-5-3-9(4-6-11)7-10(8-13)12(14)15/h3-6,10H,2,7H2,1H3,(H,14,15)/t10-/m0/s1. The molecule has 0 aliphatic carbocycles. The summed E-state index contributed by atoms with van der Waals surface area (Å²) < 4.78 is 5.26. The Balaban J connectivity index is 2.68. The van der Waals surface area contributed by atoms with Crippen molar-refractivity contribution in [3.05, 3.63) is 29.8 Å². The minimum absolute atomic E-state index is 0.220. The summed E-state index contributed by atoms with van der Waals surface area (Å²) in [5.74, 6) is -1.33. The van der Waals surface area contributed by atoms with E-state index in [1.165, 1.54) is 0 Å². The van der Waals surface area contributed by atoms with Gasteiger partial charge in [0.25, 0.3) is 0 Å². The molecule has 1 aromatic carbocycles. The van der Waals surface area contributed by atoms with Crippen LogP contribution in [0.25, 0.3) is 0 Å². The summed E-state index contributed by atoms with van der Waals surface area (Å²) >= 11 is 0. The van der Waals surface area contributed by atoms with Crippen LogP contribution in [0, 0.1) is 17.2 Å². The van der Waals surface area contributed by atoms with Gasteiger partial charge in [0.05, 0.1) is 12.7 Å². The third-order valence-electron chi connectivity index (χ3n) is 2.13. The number of carboxylic acids is 1. The molecule has 0 unspecified atom stereocenters. The Morgan fingerprint density at radius 3 is 2.56 bits per heavy atom. The molecule has 1 N–H and O–H groups in total. The highest BCUT2D eigenvalue weighted by Crippen LogP contribution is 2.15. The minimum atomic E-state index is -1.09. The monoisotopic (exact) mass is 219 g/mol. The zero-order chi connectivity index (χ0) is 12.0. The van der Waals surface area contributed by atoms with Crippen LogP contribution in [0.4, 0.5) is 0 Å². The first-order chi connectivity index (χ1) is 7.67. The van der Waals surface area contributed by atoms with Gasteiger partial charge < -0.3 is 9.84 Å². The molecule has 0 aromatic heterocycles. The topological polar surface area (TPSA) is 70.3 Å². The van der Waals surface area contributed by atoms with Crippen LogP contribution in [0.5, 0.6) is 5.75 Å². The summed E-state index contributed by atoms with van der Waals surface area (Å²) in [5, 5.41) is 17.4. The molecule has 0 spiro atoms. The molecule has 0 aliphatic heterocycles. The predicted octanol–water partition coefficient (Wildman–Crippen LogP) is 1.85. The van der Waals surface area contributed by atoms with Crippen LogP contribution in [-0.2, 0) is 11.2 Å². The lowest BCUT2D eigenvalue weighted by atomic mass is 10.0.